The first-order valence-electron chi connectivity index (χ1n) is 8.74. The fourth-order valence-electron chi connectivity index (χ4n) is 2.96. The predicted molar refractivity (Wildman–Crippen MR) is 101 cm³/mol. The molecule has 0 saturated carbocycles. The van der Waals surface area contributed by atoms with Crippen molar-refractivity contribution >= 4 is 0 Å². The van der Waals surface area contributed by atoms with Gasteiger partial charge in [0.2, 0.25) is 0 Å². The molecule has 1 atom stereocenters. The molecular formula is C20H25N5O. The first-order chi connectivity index (χ1) is 12.7. The minimum Gasteiger partial charge on any atom is -0.496 e. The number of ether oxygens (including phenoxy) is 1. The molecule has 136 valence electrons. The molecule has 0 amide bonds. The molecule has 0 spiro atoms. The SMILES string of the molecule is COc1ccc(CN(C)[C@H](C)Cc2ccccn2)cc1Cn1cncn1. The number of pyridine rings is 1. The van der Waals surface area contributed by atoms with Gasteiger partial charge in [-0.3, -0.25) is 9.88 Å². The van der Waals surface area contributed by atoms with Crippen molar-refractivity contribution in [3.63, 3.8) is 0 Å². The van der Waals surface area contributed by atoms with Crippen molar-refractivity contribution in [1.29, 1.82) is 0 Å². The zero-order valence-electron chi connectivity index (χ0n) is 15.5. The molecule has 2 aromatic heterocycles. The molecule has 1 aromatic carbocycles. The zero-order chi connectivity index (χ0) is 18.4. The van der Waals surface area contributed by atoms with Crippen molar-refractivity contribution < 1.29 is 4.74 Å². The van der Waals surface area contributed by atoms with E-state index in [0.29, 0.717) is 12.6 Å². The minimum absolute atomic E-state index is 0.394. The Morgan fingerprint density at radius 3 is 2.81 bits per heavy atom. The summed E-state index contributed by atoms with van der Waals surface area (Å²) in [6, 6.07) is 12.8. The van der Waals surface area contributed by atoms with Crippen LogP contribution in [-0.4, -0.2) is 44.8 Å². The molecule has 0 aliphatic carbocycles. The molecule has 3 rings (SSSR count). The van der Waals surface area contributed by atoms with Crippen LogP contribution in [0.5, 0.6) is 5.75 Å². The number of likely N-dealkylation sites (N-methyl/N-ethyl adjacent to an activating group) is 1. The van der Waals surface area contributed by atoms with Crippen molar-refractivity contribution in [2.45, 2.75) is 32.5 Å². The Hall–Kier alpha value is -2.73. The Bertz CT molecular complexity index is 804. The van der Waals surface area contributed by atoms with Gasteiger partial charge >= 0.3 is 0 Å². The van der Waals surface area contributed by atoms with Gasteiger partial charge in [-0.25, -0.2) is 9.67 Å². The van der Waals surface area contributed by atoms with E-state index in [-0.39, 0.29) is 0 Å². The second kappa shape index (κ2) is 8.58. The molecule has 6 nitrogen and oxygen atoms in total. The monoisotopic (exact) mass is 351 g/mol. The first-order valence-corrected chi connectivity index (χ1v) is 8.74. The quantitative estimate of drug-likeness (QED) is 0.625. The summed E-state index contributed by atoms with van der Waals surface area (Å²) < 4.78 is 7.30. The summed E-state index contributed by atoms with van der Waals surface area (Å²) in [5, 5.41) is 4.19. The van der Waals surface area contributed by atoms with Crippen LogP contribution in [0.25, 0.3) is 0 Å². The van der Waals surface area contributed by atoms with Crippen molar-refractivity contribution in [1.82, 2.24) is 24.6 Å². The fourth-order valence-corrected chi connectivity index (χ4v) is 2.96. The van der Waals surface area contributed by atoms with E-state index in [2.05, 4.69) is 52.1 Å². The minimum atomic E-state index is 0.394. The van der Waals surface area contributed by atoms with Crippen molar-refractivity contribution in [2.75, 3.05) is 14.2 Å². The first kappa shape index (κ1) is 18.1. The fraction of sp³-hybridized carbons (Fsp3) is 0.350. The van der Waals surface area contributed by atoms with E-state index in [1.54, 1.807) is 24.4 Å². The van der Waals surface area contributed by atoms with Crippen molar-refractivity contribution in [3.05, 3.63) is 72.1 Å². The molecule has 2 heterocycles. The van der Waals surface area contributed by atoms with E-state index in [4.69, 9.17) is 4.74 Å². The van der Waals surface area contributed by atoms with Crippen LogP contribution < -0.4 is 4.74 Å². The lowest BCUT2D eigenvalue weighted by Crippen LogP contribution is -2.30. The summed E-state index contributed by atoms with van der Waals surface area (Å²) in [5.41, 5.74) is 3.46. The predicted octanol–water partition coefficient (Wildman–Crippen LogP) is 2.79. The van der Waals surface area contributed by atoms with Gasteiger partial charge in [-0.2, -0.15) is 5.10 Å². The third-order valence-corrected chi connectivity index (χ3v) is 4.56. The highest BCUT2D eigenvalue weighted by Crippen LogP contribution is 2.22. The number of aromatic nitrogens is 4. The van der Waals surface area contributed by atoms with Gasteiger partial charge in [0.25, 0.3) is 0 Å². The molecule has 0 aliphatic heterocycles. The van der Waals surface area contributed by atoms with Gasteiger partial charge in [0.05, 0.1) is 13.7 Å². The molecule has 6 heteroatoms. The molecule has 0 fully saturated rings. The van der Waals surface area contributed by atoms with E-state index >= 15 is 0 Å². The largest absolute Gasteiger partial charge is 0.496 e. The number of nitrogens with zero attached hydrogens (tertiary/aromatic N) is 5. The Balaban J connectivity index is 1.68. The highest BCUT2D eigenvalue weighted by atomic mass is 16.5. The summed E-state index contributed by atoms with van der Waals surface area (Å²) in [5.74, 6) is 0.869. The smallest absolute Gasteiger partial charge is 0.137 e. The van der Waals surface area contributed by atoms with Crippen LogP contribution in [0, 0.1) is 0 Å². The van der Waals surface area contributed by atoms with Crippen molar-refractivity contribution in [3.8, 4) is 5.75 Å². The average Bonchev–Trinajstić information content (AvgIpc) is 3.16. The molecule has 0 aliphatic rings. The topological polar surface area (TPSA) is 56.1 Å². The van der Waals surface area contributed by atoms with Crippen LogP contribution in [0.3, 0.4) is 0 Å². The van der Waals surface area contributed by atoms with E-state index in [1.165, 1.54) is 5.56 Å². The molecule has 0 radical (unpaired) electrons. The second-order valence-corrected chi connectivity index (χ2v) is 6.53. The number of rotatable bonds is 8. The average molecular weight is 351 g/mol. The second-order valence-electron chi connectivity index (χ2n) is 6.53. The van der Waals surface area contributed by atoms with Crippen LogP contribution in [0.15, 0.2) is 55.2 Å². The third-order valence-electron chi connectivity index (χ3n) is 4.56. The molecule has 0 N–H and O–H groups in total. The Kier molecular flexibility index (Phi) is 5.96. The number of hydrogen-bond acceptors (Lipinski definition) is 5. The number of hydrogen-bond donors (Lipinski definition) is 0. The van der Waals surface area contributed by atoms with Crippen LogP contribution >= 0.6 is 0 Å². The number of methoxy groups -OCH3 is 1. The van der Waals surface area contributed by atoms with E-state index in [1.807, 2.05) is 24.4 Å². The maximum Gasteiger partial charge on any atom is 0.137 e. The lowest BCUT2D eigenvalue weighted by atomic mass is 10.1. The standard InChI is InChI=1S/C20H25N5O/c1-16(10-19-6-4-5-9-22-19)24(2)12-17-7-8-20(26-3)18(11-17)13-25-15-21-14-23-25/h4-9,11,14-16H,10,12-13H2,1-3H3/t16-/m1/s1. The maximum atomic E-state index is 5.50. The summed E-state index contributed by atoms with van der Waals surface area (Å²) in [7, 11) is 3.84. The van der Waals surface area contributed by atoms with Crippen LogP contribution in [0.4, 0.5) is 0 Å². The van der Waals surface area contributed by atoms with Gasteiger partial charge in [0, 0.05) is 36.5 Å². The van der Waals surface area contributed by atoms with Crippen LogP contribution in [-0.2, 0) is 19.5 Å². The van der Waals surface area contributed by atoms with Crippen molar-refractivity contribution in [2.24, 2.45) is 0 Å². The van der Waals surface area contributed by atoms with E-state index in [0.717, 1.165) is 30.0 Å². The zero-order valence-corrected chi connectivity index (χ0v) is 15.5. The maximum absolute atomic E-state index is 5.50. The van der Waals surface area contributed by atoms with Gasteiger partial charge in [0.15, 0.2) is 0 Å². The highest BCUT2D eigenvalue weighted by molar-refractivity contribution is 5.37. The Morgan fingerprint density at radius 1 is 1.23 bits per heavy atom. The van der Waals surface area contributed by atoms with Gasteiger partial charge in [0.1, 0.15) is 18.4 Å². The third kappa shape index (κ3) is 4.67. The van der Waals surface area contributed by atoms with Gasteiger partial charge < -0.3 is 4.74 Å². The van der Waals surface area contributed by atoms with Gasteiger partial charge in [-0.05, 0) is 43.8 Å². The normalized spacial score (nSPS) is 12.3. The molecule has 3 aromatic rings. The molecular weight excluding hydrogens is 326 g/mol. The summed E-state index contributed by atoms with van der Waals surface area (Å²) in [6.45, 7) is 3.74. The summed E-state index contributed by atoms with van der Waals surface area (Å²) >= 11 is 0. The lowest BCUT2D eigenvalue weighted by Gasteiger charge is -2.25. The Labute approximate surface area is 154 Å². The molecule has 0 unspecified atom stereocenters. The Morgan fingerprint density at radius 2 is 2.12 bits per heavy atom. The molecule has 0 saturated heterocycles. The number of benzene rings is 1. The molecule has 26 heavy (non-hydrogen) atoms. The van der Waals surface area contributed by atoms with Crippen LogP contribution in [0.1, 0.15) is 23.7 Å². The molecule has 0 bridgehead atoms. The van der Waals surface area contributed by atoms with Crippen LogP contribution in [0.2, 0.25) is 0 Å². The highest BCUT2D eigenvalue weighted by Gasteiger charge is 2.13. The lowest BCUT2D eigenvalue weighted by molar-refractivity contribution is 0.246. The summed E-state index contributed by atoms with van der Waals surface area (Å²) in [6.07, 6.45) is 6.04. The van der Waals surface area contributed by atoms with E-state index < -0.39 is 0 Å². The summed E-state index contributed by atoms with van der Waals surface area (Å²) in [4.78, 5) is 10.8. The van der Waals surface area contributed by atoms with E-state index in [9.17, 15) is 0 Å². The van der Waals surface area contributed by atoms with Gasteiger partial charge in [-0.1, -0.05) is 12.1 Å². The van der Waals surface area contributed by atoms with Gasteiger partial charge in [-0.15, -0.1) is 0 Å².